The first-order valence-electron chi connectivity index (χ1n) is 8.35. The molecule has 0 spiro atoms. The molecule has 9 heteroatoms. The maximum atomic E-state index is 12.8. The Balaban J connectivity index is 1.99. The summed E-state index contributed by atoms with van der Waals surface area (Å²) in [4.78, 5) is 27.0. The lowest BCUT2D eigenvalue weighted by molar-refractivity contribution is -0.250. The summed E-state index contributed by atoms with van der Waals surface area (Å²) in [5, 5.41) is 18.3. The normalized spacial score (nSPS) is 17.7. The second-order valence-electron chi connectivity index (χ2n) is 6.69. The van der Waals surface area contributed by atoms with Crippen LogP contribution in [0.2, 0.25) is 0 Å². The van der Waals surface area contributed by atoms with Crippen molar-refractivity contribution in [1.82, 2.24) is 4.90 Å². The third-order valence-corrected chi connectivity index (χ3v) is 4.81. The van der Waals surface area contributed by atoms with Crippen molar-refractivity contribution in [3.05, 3.63) is 29.8 Å². The molecule has 6 nitrogen and oxygen atoms in total. The number of halogens is 3. The zero-order chi connectivity index (χ0) is 20.4. The summed E-state index contributed by atoms with van der Waals surface area (Å²) >= 11 is 0. The zero-order valence-corrected chi connectivity index (χ0v) is 15.0. The molecule has 2 rings (SSSR count). The number of piperidine rings is 1. The minimum absolute atomic E-state index is 0.0390. The first kappa shape index (κ1) is 20.7. The molecule has 0 saturated carbocycles. The van der Waals surface area contributed by atoms with E-state index in [1.807, 2.05) is 6.07 Å². The van der Waals surface area contributed by atoms with E-state index in [1.165, 1.54) is 4.90 Å². The van der Waals surface area contributed by atoms with Gasteiger partial charge in [0.15, 0.2) is 0 Å². The smallest absolute Gasteiger partial charge is 0.373 e. The van der Waals surface area contributed by atoms with Crippen LogP contribution >= 0.6 is 0 Å². The Bertz CT molecular complexity index is 746. The van der Waals surface area contributed by atoms with Gasteiger partial charge in [0.05, 0.1) is 11.6 Å². The fraction of sp³-hybridized carbons (Fsp3) is 0.500. The van der Waals surface area contributed by atoms with E-state index < -0.39 is 23.6 Å². The van der Waals surface area contributed by atoms with Crippen molar-refractivity contribution in [3.63, 3.8) is 0 Å². The van der Waals surface area contributed by atoms with Gasteiger partial charge in [-0.25, -0.2) is 0 Å². The highest BCUT2D eigenvalue weighted by Gasteiger charge is 2.57. The van der Waals surface area contributed by atoms with Crippen LogP contribution in [-0.4, -0.2) is 53.7 Å². The summed E-state index contributed by atoms with van der Waals surface area (Å²) in [6, 6.07) is 8.42. The fourth-order valence-corrected chi connectivity index (χ4v) is 2.92. The van der Waals surface area contributed by atoms with Crippen molar-refractivity contribution in [1.29, 1.82) is 5.26 Å². The summed E-state index contributed by atoms with van der Waals surface area (Å²) in [5.41, 5.74) is -2.39. The van der Waals surface area contributed by atoms with Gasteiger partial charge in [-0.1, -0.05) is 0 Å². The van der Waals surface area contributed by atoms with E-state index in [0.29, 0.717) is 18.2 Å². The van der Waals surface area contributed by atoms with Crippen molar-refractivity contribution in [2.75, 3.05) is 25.0 Å². The molecule has 0 bridgehead atoms. The molecule has 2 amide bonds. The number of carbonyl (C=O) groups is 2. The highest BCUT2D eigenvalue weighted by atomic mass is 19.4. The maximum absolute atomic E-state index is 12.8. The number of anilines is 1. The first-order valence-corrected chi connectivity index (χ1v) is 8.35. The topological polar surface area (TPSA) is 84.6 Å². The van der Waals surface area contributed by atoms with Crippen molar-refractivity contribution in [2.24, 2.45) is 5.92 Å². The number of nitriles is 1. The Morgan fingerprint density at radius 1 is 1.22 bits per heavy atom. The number of hydrogen-bond donors (Lipinski definition) is 1. The van der Waals surface area contributed by atoms with Crippen LogP contribution in [0.4, 0.5) is 18.9 Å². The summed E-state index contributed by atoms with van der Waals surface area (Å²) in [6.45, 7) is 0.358. The molecule has 0 aromatic heterocycles. The second kappa shape index (κ2) is 7.56. The Morgan fingerprint density at radius 3 is 2.19 bits per heavy atom. The van der Waals surface area contributed by atoms with Gasteiger partial charge < -0.3 is 14.9 Å². The molecule has 0 radical (unpaired) electrons. The van der Waals surface area contributed by atoms with Crippen molar-refractivity contribution in [2.45, 2.75) is 31.5 Å². The molecule has 1 aromatic rings. The molecule has 0 aliphatic carbocycles. The number of likely N-dealkylation sites (tertiary alicyclic amines) is 1. The second-order valence-corrected chi connectivity index (χ2v) is 6.69. The van der Waals surface area contributed by atoms with Crippen LogP contribution in [0.5, 0.6) is 0 Å². The molecule has 1 aliphatic heterocycles. The summed E-state index contributed by atoms with van der Waals surface area (Å²) < 4.78 is 38.4. The lowest BCUT2D eigenvalue weighted by atomic mass is 9.93. The largest absolute Gasteiger partial charge is 0.426 e. The standard InChI is InChI=1S/C18H20F3N3O3/c1-17(27,18(19,20)21)16(26)24-9-7-13(8-10-24)15(25)23(2)14-5-3-12(11-22)4-6-14/h3-6,13,27H,7-10H2,1-2H3. The monoisotopic (exact) mass is 383 g/mol. The van der Waals surface area contributed by atoms with Crippen LogP contribution in [-0.2, 0) is 9.59 Å². The molecule has 1 aromatic carbocycles. The van der Waals surface area contributed by atoms with Gasteiger partial charge >= 0.3 is 6.18 Å². The Morgan fingerprint density at radius 2 is 1.74 bits per heavy atom. The number of nitrogens with zero attached hydrogens (tertiary/aromatic N) is 3. The van der Waals surface area contributed by atoms with E-state index in [-0.39, 0.29) is 31.8 Å². The van der Waals surface area contributed by atoms with Crippen LogP contribution in [0.3, 0.4) is 0 Å². The first-order chi connectivity index (χ1) is 12.5. The van der Waals surface area contributed by atoms with Crippen LogP contribution in [0.15, 0.2) is 24.3 Å². The van der Waals surface area contributed by atoms with Gasteiger partial charge in [0.1, 0.15) is 0 Å². The van der Waals surface area contributed by atoms with Gasteiger partial charge in [-0.2, -0.15) is 18.4 Å². The van der Waals surface area contributed by atoms with Gasteiger partial charge in [0.25, 0.3) is 5.91 Å². The summed E-state index contributed by atoms with van der Waals surface area (Å²) in [6.07, 6.45) is -4.65. The van der Waals surface area contributed by atoms with Gasteiger partial charge in [0.2, 0.25) is 11.5 Å². The molecule has 1 aliphatic rings. The molecule has 146 valence electrons. The lowest BCUT2D eigenvalue weighted by Gasteiger charge is -2.37. The number of carbonyl (C=O) groups excluding carboxylic acids is 2. The number of rotatable bonds is 3. The molecule has 1 unspecified atom stereocenters. The quantitative estimate of drug-likeness (QED) is 0.866. The SMILES string of the molecule is CN(C(=O)C1CCN(C(=O)C(C)(O)C(F)(F)F)CC1)c1ccc(C#N)cc1. The van der Waals surface area contributed by atoms with Gasteiger partial charge in [-0.05, 0) is 44.0 Å². The predicted octanol–water partition coefficient (Wildman–Crippen LogP) is 2.07. The number of amides is 2. The fourth-order valence-electron chi connectivity index (χ4n) is 2.92. The average molecular weight is 383 g/mol. The average Bonchev–Trinajstić information content (AvgIpc) is 2.65. The van der Waals surface area contributed by atoms with Crippen LogP contribution in [0.1, 0.15) is 25.3 Å². The maximum Gasteiger partial charge on any atom is 0.426 e. The molecule has 1 atom stereocenters. The third kappa shape index (κ3) is 4.22. The van der Waals surface area contributed by atoms with E-state index in [0.717, 1.165) is 4.90 Å². The molecule has 1 N–H and O–H groups in total. The molecule has 1 saturated heterocycles. The highest BCUT2D eigenvalue weighted by molar-refractivity contribution is 5.95. The Hall–Kier alpha value is -2.60. The van der Waals surface area contributed by atoms with Gasteiger partial charge in [0, 0.05) is 31.7 Å². The number of hydrogen-bond acceptors (Lipinski definition) is 4. The van der Waals surface area contributed by atoms with Gasteiger partial charge in [-0.15, -0.1) is 0 Å². The van der Waals surface area contributed by atoms with Gasteiger partial charge in [-0.3, -0.25) is 9.59 Å². The number of aliphatic hydroxyl groups is 1. The van der Waals surface area contributed by atoms with E-state index in [4.69, 9.17) is 5.26 Å². The van der Waals surface area contributed by atoms with Crippen LogP contribution < -0.4 is 4.90 Å². The number of benzene rings is 1. The summed E-state index contributed by atoms with van der Waals surface area (Å²) in [7, 11) is 1.58. The third-order valence-electron chi connectivity index (χ3n) is 4.81. The zero-order valence-electron chi connectivity index (χ0n) is 15.0. The molecular weight excluding hydrogens is 363 g/mol. The van der Waals surface area contributed by atoms with Crippen LogP contribution in [0, 0.1) is 17.2 Å². The Labute approximate surface area is 154 Å². The van der Waals surface area contributed by atoms with E-state index in [1.54, 1.807) is 31.3 Å². The molecule has 1 fully saturated rings. The number of alkyl halides is 3. The van der Waals surface area contributed by atoms with E-state index in [2.05, 4.69) is 0 Å². The molecular formula is C18H20F3N3O3. The Kier molecular flexibility index (Phi) is 5.80. The predicted molar refractivity (Wildman–Crippen MR) is 90.5 cm³/mol. The highest BCUT2D eigenvalue weighted by Crippen LogP contribution is 2.33. The summed E-state index contributed by atoms with van der Waals surface area (Å²) in [5.74, 6) is -2.05. The minimum atomic E-state index is -5.06. The van der Waals surface area contributed by atoms with E-state index in [9.17, 15) is 27.9 Å². The van der Waals surface area contributed by atoms with E-state index >= 15 is 0 Å². The van der Waals surface area contributed by atoms with Crippen molar-refractivity contribution >= 4 is 17.5 Å². The van der Waals surface area contributed by atoms with Crippen LogP contribution in [0.25, 0.3) is 0 Å². The minimum Gasteiger partial charge on any atom is -0.373 e. The molecule has 1 heterocycles. The molecule has 27 heavy (non-hydrogen) atoms. The van der Waals surface area contributed by atoms with Crippen molar-refractivity contribution < 1.29 is 27.9 Å². The lowest BCUT2D eigenvalue weighted by Crippen LogP contribution is -2.57. The van der Waals surface area contributed by atoms with Crippen molar-refractivity contribution in [3.8, 4) is 6.07 Å².